The SMILES string of the molecule is CC/C=C\C/C=C\C/C=C\CCCCCCCC(=O)OC[C@H](COC(=O)CCCCCCCCCCCCCCCCC)OC(=O)CCCCCCCCCCC/C=C\C/C=C\CCCCC. The van der Waals surface area contributed by atoms with E-state index in [1.54, 1.807) is 0 Å². The Morgan fingerprint density at radius 2 is 0.582 bits per heavy atom. The molecule has 6 heteroatoms. The molecule has 0 aliphatic rings. The van der Waals surface area contributed by atoms with Gasteiger partial charge in [0.25, 0.3) is 0 Å². The highest BCUT2D eigenvalue weighted by atomic mass is 16.6. The van der Waals surface area contributed by atoms with Gasteiger partial charge in [-0.25, -0.2) is 0 Å². The lowest BCUT2D eigenvalue weighted by atomic mass is 10.0. The molecule has 6 nitrogen and oxygen atoms in total. The largest absolute Gasteiger partial charge is 0.462 e. The van der Waals surface area contributed by atoms with Gasteiger partial charge in [-0.15, -0.1) is 0 Å². The Morgan fingerprint density at radius 3 is 0.940 bits per heavy atom. The first-order valence-electron chi connectivity index (χ1n) is 28.8. The van der Waals surface area contributed by atoms with Crippen LogP contribution in [-0.2, 0) is 28.6 Å². The van der Waals surface area contributed by atoms with Gasteiger partial charge >= 0.3 is 17.9 Å². The molecule has 0 saturated carbocycles. The van der Waals surface area contributed by atoms with Crippen LogP contribution in [0, 0.1) is 0 Å². The minimum Gasteiger partial charge on any atom is -0.462 e. The van der Waals surface area contributed by atoms with E-state index in [4.69, 9.17) is 14.2 Å². The number of unbranched alkanes of at least 4 members (excludes halogenated alkanes) is 31. The average Bonchev–Trinajstić information content (AvgIpc) is 3.33. The lowest BCUT2D eigenvalue weighted by Gasteiger charge is -2.18. The summed E-state index contributed by atoms with van der Waals surface area (Å²) in [6, 6.07) is 0. The van der Waals surface area contributed by atoms with Gasteiger partial charge in [0.1, 0.15) is 13.2 Å². The molecular formula is C61H108O6. The second-order valence-corrected chi connectivity index (χ2v) is 19.2. The van der Waals surface area contributed by atoms with E-state index in [0.717, 1.165) is 103 Å². The number of ether oxygens (including phenoxy) is 3. The number of allylic oxidation sites excluding steroid dienone is 10. The van der Waals surface area contributed by atoms with Gasteiger partial charge in [0.2, 0.25) is 0 Å². The van der Waals surface area contributed by atoms with Crippen molar-refractivity contribution in [2.45, 2.75) is 297 Å². The van der Waals surface area contributed by atoms with Crippen LogP contribution in [0.3, 0.4) is 0 Å². The Hall–Kier alpha value is -2.89. The summed E-state index contributed by atoms with van der Waals surface area (Å²) in [5.74, 6) is -0.888. The quantitative estimate of drug-likeness (QED) is 0.0262. The zero-order valence-electron chi connectivity index (χ0n) is 44.4. The molecule has 0 fully saturated rings. The second kappa shape index (κ2) is 55.7. The Labute approximate surface area is 415 Å². The van der Waals surface area contributed by atoms with Gasteiger partial charge in [-0.3, -0.25) is 14.4 Å². The Bertz CT molecular complexity index is 1210. The highest BCUT2D eigenvalue weighted by molar-refractivity contribution is 5.71. The molecule has 0 amide bonds. The molecule has 0 unspecified atom stereocenters. The molecule has 0 aromatic rings. The first-order valence-corrected chi connectivity index (χ1v) is 28.8. The Morgan fingerprint density at radius 1 is 0.313 bits per heavy atom. The monoisotopic (exact) mass is 937 g/mol. The van der Waals surface area contributed by atoms with E-state index in [2.05, 4.69) is 81.5 Å². The van der Waals surface area contributed by atoms with Gasteiger partial charge in [0.15, 0.2) is 6.10 Å². The van der Waals surface area contributed by atoms with Crippen molar-refractivity contribution < 1.29 is 28.6 Å². The first-order chi connectivity index (χ1) is 33.0. The molecule has 0 aliphatic carbocycles. The van der Waals surface area contributed by atoms with E-state index in [0.29, 0.717) is 19.3 Å². The van der Waals surface area contributed by atoms with Crippen LogP contribution in [0.5, 0.6) is 0 Å². The fourth-order valence-corrected chi connectivity index (χ4v) is 8.19. The third-order valence-electron chi connectivity index (χ3n) is 12.5. The molecule has 0 aliphatic heterocycles. The lowest BCUT2D eigenvalue weighted by molar-refractivity contribution is -0.167. The van der Waals surface area contributed by atoms with E-state index >= 15 is 0 Å². The predicted octanol–water partition coefficient (Wildman–Crippen LogP) is 19.2. The zero-order valence-corrected chi connectivity index (χ0v) is 44.4. The van der Waals surface area contributed by atoms with E-state index in [1.807, 2.05) is 0 Å². The van der Waals surface area contributed by atoms with Gasteiger partial charge in [-0.2, -0.15) is 0 Å². The molecule has 388 valence electrons. The maximum Gasteiger partial charge on any atom is 0.306 e. The summed E-state index contributed by atoms with van der Waals surface area (Å²) in [6.07, 6.45) is 69.2. The van der Waals surface area contributed by atoms with Gasteiger partial charge in [0, 0.05) is 19.3 Å². The van der Waals surface area contributed by atoms with Crippen LogP contribution < -0.4 is 0 Å². The maximum atomic E-state index is 12.9. The molecule has 1 atom stereocenters. The standard InChI is InChI=1S/C61H108O6/c1-4-7-10-13-16-19-22-25-28-29-30-31-34-37-40-43-46-49-52-55-61(64)67-58(56-65-59(62)53-50-47-44-41-38-35-32-26-23-20-17-14-11-8-5-2)57-66-60(63)54-51-48-45-42-39-36-33-27-24-21-18-15-12-9-6-3/h8,11,16-17,19-20,25-26,28,32,58H,4-7,9-10,12-15,18,21-24,27,29-31,33-57H2,1-3H3/b11-8-,19-16-,20-17-,28-25-,32-26-/t58-/m1/s1. The highest BCUT2D eigenvalue weighted by Crippen LogP contribution is 2.16. The van der Waals surface area contributed by atoms with E-state index in [9.17, 15) is 14.4 Å². The van der Waals surface area contributed by atoms with Crippen molar-refractivity contribution in [1.29, 1.82) is 0 Å². The Kier molecular flexibility index (Phi) is 53.3. The number of hydrogen-bond acceptors (Lipinski definition) is 6. The first kappa shape index (κ1) is 64.1. The molecular weight excluding hydrogens is 829 g/mol. The summed E-state index contributed by atoms with van der Waals surface area (Å²) in [5.41, 5.74) is 0. The third-order valence-corrected chi connectivity index (χ3v) is 12.5. The van der Waals surface area contributed by atoms with Crippen molar-refractivity contribution in [3.63, 3.8) is 0 Å². The smallest absolute Gasteiger partial charge is 0.306 e. The molecule has 0 heterocycles. The van der Waals surface area contributed by atoms with Crippen molar-refractivity contribution in [2.75, 3.05) is 13.2 Å². The molecule has 0 aromatic heterocycles. The molecule has 0 radical (unpaired) electrons. The maximum absolute atomic E-state index is 12.9. The number of carbonyl (C=O) groups excluding carboxylic acids is 3. The number of esters is 3. The van der Waals surface area contributed by atoms with E-state index in [-0.39, 0.29) is 31.1 Å². The molecule has 0 saturated heterocycles. The summed E-state index contributed by atoms with van der Waals surface area (Å²) in [4.78, 5) is 38.2. The average molecular weight is 938 g/mol. The van der Waals surface area contributed by atoms with Gasteiger partial charge in [0.05, 0.1) is 0 Å². The summed E-state index contributed by atoms with van der Waals surface area (Å²) in [7, 11) is 0. The number of carbonyl (C=O) groups is 3. The van der Waals surface area contributed by atoms with Crippen molar-refractivity contribution in [3.8, 4) is 0 Å². The second-order valence-electron chi connectivity index (χ2n) is 19.2. The van der Waals surface area contributed by atoms with Gasteiger partial charge < -0.3 is 14.2 Å². The fraction of sp³-hybridized carbons (Fsp3) is 0.787. The van der Waals surface area contributed by atoms with Crippen LogP contribution in [0.15, 0.2) is 60.8 Å². The number of hydrogen-bond donors (Lipinski definition) is 0. The van der Waals surface area contributed by atoms with Gasteiger partial charge in [-0.1, -0.05) is 248 Å². The molecule has 0 spiro atoms. The summed E-state index contributed by atoms with van der Waals surface area (Å²) < 4.78 is 16.9. The van der Waals surface area contributed by atoms with Crippen LogP contribution >= 0.6 is 0 Å². The molecule has 67 heavy (non-hydrogen) atoms. The van der Waals surface area contributed by atoms with Crippen molar-refractivity contribution in [2.24, 2.45) is 0 Å². The highest BCUT2D eigenvalue weighted by Gasteiger charge is 2.19. The Balaban J connectivity index is 4.38. The van der Waals surface area contributed by atoms with Crippen molar-refractivity contribution in [1.82, 2.24) is 0 Å². The summed E-state index contributed by atoms with van der Waals surface area (Å²) in [5, 5.41) is 0. The minimum atomic E-state index is -0.782. The normalized spacial score (nSPS) is 12.5. The summed E-state index contributed by atoms with van der Waals surface area (Å²) >= 11 is 0. The molecule has 0 rings (SSSR count). The van der Waals surface area contributed by atoms with Crippen LogP contribution in [0.2, 0.25) is 0 Å². The number of rotatable bonds is 52. The van der Waals surface area contributed by atoms with Crippen LogP contribution in [0.1, 0.15) is 290 Å². The fourth-order valence-electron chi connectivity index (χ4n) is 8.19. The third kappa shape index (κ3) is 53.9. The molecule has 0 bridgehead atoms. The predicted molar refractivity (Wildman–Crippen MR) is 288 cm³/mol. The lowest BCUT2D eigenvalue weighted by Crippen LogP contribution is -2.30. The molecule has 0 N–H and O–H groups in total. The van der Waals surface area contributed by atoms with Gasteiger partial charge in [-0.05, 0) is 83.5 Å². The minimum absolute atomic E-state index is 0.0789. The van der Waals surface area contributed by atoms with Crippen LogP contribution in [-0.4, -0.2) is 37.2 Å². The van der Waals surface area contributed by atoms with E-state index in [1.165, 1.54) is 148 Å². The van der Waals surface area contributed by atoms with E-state index < -0.39 is 6.10 Å². The summed E-state index contributed by atoms with van der Waals surface area (Å²) in [6.45, 7) is 6.52. The molecule has 0 aromatic carbocycles. The van der Waals surface area contributed by atoms with Crippen molar-refractivity contribution >= 4 is 17.9 Å². The van der Waals surface area contributed by atoms with Crippen LogP contribution in [0.4, 0.5) is 0 Å². The van der Waals surface area contributed by atoms with Crippen molar-refractivity contribution in [3.05, 3.63) is 60.8 Å². The zero-order chi connectivity index (χ0) is 48.6. The topological polar surface area (TPSA) is 78.9 Å². The van der Waals surface area contributed by atoms with Crippen LogP contribution in [0.25, 0.3) is 0 Å².